The zero-order valence-electron chi connectivity index (χ0n) is 8.80. The number of fused-ring (bicyclic) bond motifs is 1. The third-order valence-corrected chi connectivity index (χ3v) is 4.23. The van der Waals surface area contributed by atoms with E-state index in [1.165, 1.54) is 10.4 Å². The second kappa shape index (κ2) is 4.28. The molecule has 15 heavy (non-hydrogen) atoms. The van der Waals surface area contributed by atoms with Gasteiger partial charge in [0, 0.05) is 4.88 Å². The molecule has 0 atom stereocenters. The molecule has 0 aliphatic heterocycles. The summed E-state index contributed by atoms with van der Waals surface area (Å²) in [5, 5.41) is 1.61. The van der Waals surface area contributed by atoms with Crippen LogP contribution in [0.5, 0.6) is 0 Å². The summed E-state index contributed by atoms with van der Waals surface area (Å²) >= 11 is 9.55. The molecular formula is C10H11ClN2S2. The van der Waals surface area contributed by atoms with Crippen LogP contribution in [0, 0.1) is 13.8 Å². The smallest absolute Gasteiger partial charge is 0.141 e. The summed E-state index contributed by atoms with van der Waals surface area (Å²) in [6.07, 6.45) is 2.03. The zero-order valence-corrected chi connectivity index (χ0v) is 11.2. The Kier molecular flexibility index (Phi) is 3.19. The van der Waals surface area contributed by atoms with E-state index in [1.54, 1.807) is 23.1 Å². The number of halogens is 1. The lowest BCUT2D eigenvalue weighted by Crippen LogP contribution is -1.92. The highest BCUT2D eigenvalue weighted by atomic mass is 35.5. The van der Waals surface area contributed by atoms with Crippen molar-refractivity contribution in [3.05, 3.63) is 21.4 Å². The van der Waals surface area contributed by atoms with Gasteiger partial charge in [0.2, 0.25) is 0 Å². The molecule has 0 amide bonds. The molecule has 2 rings (SSSR count). The SMILES string of the molecule is CSCc1nc(Cl)c2c(C)c(C)sc2n1. The predicted octanol–water partition coefficient (Wildman–Crippen LogP) is 3.82. The van der Waals surface area contributed by atoms with E-state index in [0.29, 0.717) is 5.15 Å². The van der Waals surface area contributed by atoms with Gasteiger partial charge in [-0.3, -0.25) is 0 Å². The molecule has 0 saturated carbocycles. The summed E-state index contributed by atoms with van der Waals surface area (Å²) < 4.78 is 0. The molecule has 80 valence electrons. The normalized spacial score (nSPS) is 11.2. The van der Waals surface area contributed by atoms with E-state index in [2.05, 4.69) is 23.8 Å². The highest BCUT2D eigenvalue weighted by Gasteiger charge is 2.12. The van der Waals surface area contributed by atoms with Crippen LogP contribution in [0.3, 0.4) is 0 Å². The fourth-order valence-electron chi connectivity index (χ4n) is 1.44. The summed E-state index contributed by atoms with van der Waals surface area (Å²) in [6, 6.07) is 0. The van der Waals surface area contributed by atoms with E-state index < -0.39 is 0 Å². The van der Waals surface area contributed by atoms with Gasteiger partial charge in [0.1, 0.15) is 15.8 Å². The van der Waals surface area contributed by atoms with Gasteiger partial charge in [-0.15, -0.1) is 11.3 Å². The number of hydrogen-bond acceptors (Lipinski definition) is 4. The van der Waals surface area contributed by atoms with Crippen molar-refractivity contribution in [2.75, 3.05) is 6.26 Å². The number of nitrogens with zero attached hydrogens (tertiary/aromatic N) is 2. The predicted molar refractivity (Wildman–Crippen MR) is 69.1 cm³/mol. The van der Waals surface area contributed by atoms with Crippen LogP contribution in [0.2, 0.25) is 5.15 Å². The van der Waals surface area contributed by atoms with Crippen molar-refractivity contribution in [1.29, 1.82) is 0 Å². The minimum atomic E-state index is 0.589. The molecule has 2 aromatic rings. The molecule has 0 N–H and O–H groups in total. The van der Waals surface area contributed by atoms with Crippen molar-refractivity contribution in [2.45, 2.75) is 19.6 Å². The Bertz CT molecular complexity index is 508. The highest BCUT2D eigenvalue weighted by molar-refractivity contribution is 7.97. The molecule has 2 heterocycles. The van der Waals surface area contributed by atoms with Gasteiger partial charge >= 0.3 is 0 Å². The van der Waals surface area contributed by atoms with Crippen LogP contribution in [0.15, 0.2) is 0 Å². The molecule has 0 saturated heterocycles. The minimum Gasteiger partial charge on any atom is -0.221 e. The number of thiophene rings is 1. The zero-order chi connectivity index (χ0) is 11.0. The van der Waals surface area contributed by atoms with Crippen molar-refractivity contribution in [3.63, 3.8) is 0 Å². The molecule has 0 radical (unpaired) electrons. The molecule has 2 nitrogen and oxygen atoms in total. The molecule has 0 aliphatic rings. The van der Waals surface area contributed by atoms with Gasteiger partial charge in [-0.05, 0) is 25.7 Å². The van der Waals surface area contributed by atoms with Crippen LogP contribution in [-0.4, -0.2) is 16.2 Å². The van der Waals surface area contributed by atoms with Crippen molar-refractivity contribution < 1.29 is 0 Å². The summed E-state index contributed by atoms with van der Waals surface area (Å²) in [4.78, 5) is 11.1. The van der Waals surface area contributed by atoms with Crippen LogP contribution in [0.4, 0.5) is 0 Å². The van der Waals surface area contributed by atoms with Crippen molar-refractivity contribution in [2.24, 2.45) is 0 Å². The number of aromatic nitrogens is 2. The van der Waals surface area contributed by atoms with Crippen LogP contribution >= 0.6 is 34.7 Å². The van der Waals surface area contributed by atoms with E-state index in [1.807, 2.05) is 6.26 Å². The molecule has 2 aromatic heterocycles. The van der Waals surface area contributed by atoms with Crippen molar-refractivity contribution in [3.8, 4) is 0 Å². The number of thioether (sulfide) groups is 1. The Hall–Kier alpha value is -0.320. The maximum atomic E-state index is 6.16. The van der Waals surface area contributed by atoms with Crippen LogP contribution in [-0.2, 0) is 5.75 Å². The average molecular weight is 259 g/mol. The molecule has 0 aliphatic carbocycles. The van der Waals surface area contributed by atoms with E-state index in [0.717, 1.165) is 21.8 Å². The third kappa shape index (κ3) is 1.98. The second-order valence-electron chi connectivity index (χ2n) is 3.33. The number of hydrogen-bond donors (Lipinski definition) is 0. The monoisotopic (exact) mass is 258 g/mol. The van der Waals surface area contributed by atoms with Gasteiger partial charge in [-0.1, -0.05) is 11.6 Å². The highest BCUT2D eigenvalue weighted by Crippen LogP contribution is 2.33. The largest absolute Gasteiger partial charge is 0.221 e. The maximum Gasteiger partial charge on any atom is 0.141 e. The number of rotatable bonds is 2. The van der Waals surface area contributed by atoms with E-state index >= 15 is 0 Å². The van der Waals surface area contributed by atoms with Gasteiger partial charge in [-0.25, -0.2) is 9.97 Å². The molecule has 0 bridgehead atoms. The van der Waals surface area contributed by atoms with Gasteiger partial charge < -0.3 is 0 Å². The Balaban J connectivity index is 2.67. The lowest BCUT2D eigenvalue weighted by molar-refractivity contribution is 1.08. The van der Waals surface area contributed by atoms with Crippen molar-refractivity contribution >= 4 is 44.9 Å². The first-order valence-electron chi connectivity index (χ1n) is 4.54. The summed E-state index contributed by atoms with van der Waals surface area (Å²) in [6.45, 7) is 4.16. The Morgan fingerprint density at radius 1 is 1.33 bits per heavy atom. The van der Waals surface area contributed by atoms with Gasteiger partial charge in [-0.2, -0.15) is 11.8 Å². The summed E-state index contributed by atoms with van der Waals surface area (Å²) in [5.74, 6) is 1.63. The van der Waals surface area contributed by atoms with E-state index in [9.17, 15) is 0 Å². The molecule has 0 spiro atoms. The first kappa shape index (κ1) is 11.2. The van der Waals surface area contributed by atoms with Gasteiger partial charge in [0.25, 0.3) is 0 Å². The topological polar surface area (TPSA) is 25.8 Å². The Labute approximate surface area is 102 Å². The Morgan fingerprint density at radius 3 is 2.73 bits per heavy atom. The lowest BCUT2D eigenvalue weighted by Gasteiger charge is -1.99. The first-order valence-corrected chi connectivity index (χ1v) is 7.13. The molecule has 0 aromatic carbocycles. The Morgan fingerprint density at radius 2 is 2.07 bits per heavy atom. The van der Waals surface area contributed by atoms with Crippen LogP contribution in [0.25, 0.3) is 10.2 Å². The fraction of sp³-hybridized carbons (Fsp3) is 0.400. The quantitative estimate of drug-likeness (QED) is 0.766. The molecule has 0 fully saturated rings. The first-order chi connectivity index (χ1) is 7.13. The molecular weight excluding hydrogens is 248 g/mol. The van der Waals surface area contributed by atoms with Crippen LogP contribution in [0.1, 0.15) is 16.3 Å². The van der Waals surface area contributed by atoms with Crippen LogP contribution < -0.4 is 0 Å². The van der Waals surface area contributed by atoms with Gasteiger partial charge in [0.15, 0.2) is 0 Å². The van der Waals surface area contributed by atoms with Gasteiger partial charge in [0.05, 0.1) is 11.1 Å². The minimum absolute atomic E-state index is 0.589. The average Bonchev–Trinajstić information content (AvgIpc) is 2.43. The fourth-order valence-corrected chi connectivity index (χ4v) is 3.26. The summed E-state index contributed by atoms with van der Waals surface area (Å²) in [5.41, 5.74) is 1.20. The second-order valence-corrected chi connectivity index (χ2v) is 5.75. The standard InChI is InChI=1S/C10H11ClN2S2/c1-5-6(2)15-10-8(5)9(11)12-7(13-10)4-14-3/h4H2,1-3H3. The van der Waals surface area contributed by atoms with Crippen molar-refractivity contribution in [1.82, 2.24) is 9.97 Å². The van der Waals surface area contributed by atoms with E-state index in [-0.39, 0.29) is 0 Å². The summed E-state index contributed by atoms with van der Waals surface area (Å²) in [7, 11) is 0. The lowest BCUT2D eigenvalue weighted by atomic mass is 10.2. The van der Waals surface area contributed by atoms with E-state index in [4.69, 9.17) is 11.6 Å². The third-order valence-electron chi connectivity index (χ3n) is 2.30. The molecule has 0 unspecified atom stereocenters. The number of aryl methyl sites for hydroxylation is 2. The maximum absolute atomic E-state index is 6.16. The molecule has 5 heteroatoms.